The summed E-state index contributed by atoms with van der Waals surface area (Å²) in [5.41, 5.74) is -0.175. The summed E-state index contributed by atoms with van der Waals surface area (Å²) in [7, 11) is 3.75. The lowest BCUT2D eigenvalue weighted by Crippen LogP contribution is -2.61. The minimum absolute atomic E-state index is 0.0502. The lowest BCUT2D eigenvalue weighted by Gasteiger charge is -2.60. The number of carbonyl (C=O) groups is 4. The van der Waals surface area contributed by atoms with Crippen LogP contribution in [-0.2, 0) is 33.2 Å². The molecule has 10 heteroatoms. The van der Waals surface area contributed by atoms with Gasteiger partial charge in [0.05, 0.1) is 21.3 Å². The number of ether oxygens (including phenoxy) is 6. The lowest BCUT2D eigenvalue weighted by molar-refractivity contribution is -0.163. The van der Waals surface area contributed by atoms with Gasteiger partial charge in [0.1, 0.15) is 24.1 Å². The zero-order valence-corrected chi connectivity index (χ0v) is 20.9. The number of carbonyl (C=O) groups excluding carboxylic acids is 4. The molecule has 0 heterocycles. The highest BCUT2D eigenvalue weighted by Gasteiger charge is 2.66. The van der Waals surface area contributed by atoms with Crippen molar-refractivity contribution in [1.29, 1.82) is 0 Å². The largest absolute Gasteiger partial charge is 0.508 e. The molecule has 0 aromatic rings. The normalized spacial score (nSPS) is 39.7. The molecule has 194 valence electrons. The van der Waals surface area contributed by atoms with Gasteiger partial charge in [-0.1, -0.05) is 19.4 Å². The van der Waals surface area contributed by atoms with Crippen molar-refractivity contribution in [2.45, 2.75) is 70.7 Å². The first-order valence-corrected chi connectivity index (χ1v) is 12.1. The summed E-state index contributed by atoms with van der Waals surface area (Å²) < 4.78 is 31.3. The monoisotopic (exact) mass is 494 g/mol. The highest BCUT2D eigenvalue weighted by molar-refractivity contribution is 5.87. The van der Waals surface area contributed by atoms with E-state index in [1.54, 1.807) is 0 Å². The quantitative estimate of drug-likeness (QED) is 0.320. The van der Waals surface area contributed by atoms with Crippen molar-refractivity contribution in [3.8, 4) is 0 Å². The van der Waals surface area contributed by atoms with Gasteiger partial charge in [-0.05, 0) is 43.1 Å². The number of ketones is 1. The minimum atomic E-state index is -0.825. The minimum Gasteiger partial charge on any atom is -0.438 e. The van der Waals surface area contributed by atoms with Crippen LogP contribution in [-0.4, -0.2) is 63.9 Å². The van der Waals surface area contributed by atoms with Crippen LogP contribution < -0.4 is 0 Å². The number of fused-ring (bicyclic) bond motifs is 5. The Bertz CT molecular complexity index is 927. The third-order valence-corrected chi connectivity index (χ3v) is 8.93. The van der Waals surface area contributed by atoms with E-state index in [9.17, 15) is 19.2 Å². The molecule has 0 spiro atoms. The Kier molecular flexibility index (Phi) is 6.76. The van der Waals surface area contributed by atoms with Gasteiger partial charge in [0.15, 0.2) is 0 Å². The molecule has 0 radical (unpaired) electrons. The molecule has 0 aliphatic heterocycles. The van der Waals surface area contributed by atoms with E-state index in [0.29, 0.717) is 38.5 Å². The molecule has 35 heavy (non-hydrogen) atoms. The Balaban J connectivity index is 1.79. The number of hydrogen-bond acceptors (Lipinski definition) is 10. The van der Waals surface area contributed by atoms with E-state index >= 15 is 0 Å². The van der Waals surface area contributed by atoms with Crippen molar-refractivity contribution >= 4 is 24.2 Å². The van der Waals surface area contributed by atoms with E-state index in [1.165, 1.54) is 21.3 Å². The SMILES string of the molecule is COC(=O)O[C@H]1CC[C@@]2(C)C(=C[C@H](OC(=O)OC)C3C2[C@H](OC(=O)OC)C[C@]2(C)C(=O)CCC32)C1. The van der Waals surface area contributed by atoms with Crippen LogP contribution in [0, 0.1) is 28.6 Å². The maximum atomic E-state index is 13.0. The van der Waals surface area contributed by atoms with E-state index in [2.05, 4.69) is 11.7 Å². The van der Waals surface area contributed by atoms with Gasteiger partial charge >= 0.3 is 18.5 Å². The zero-order chi connectivity index (χ0) is 25.5. The van der Waals surface area contributed by atoms with Crippen LogP contribution in [0.1, 0.15) is 52.4 Å². The van der Waals surface area contributed by atoms with Crippen molar-refractivity contribution in [2.75, 3.05) is 21.3 Å². The highest BCUT2D eigenvalue weighted by Crippen LogP contribution is 2.65. The molecule has 8 atom stereocenters. The highest BCUT2D eigenvalue weighted by atomic mass is 16.7. The fourth-order valence-electron chi connectivity index (χ4n) is 7.29. The zero-order valence-electron chi connectivity index (χ0n) is 20.9. The summed E-state index contributed by atoms with van der Waals surface area (Å²) in [6, 6.07) is 0. The number of Topliss-reactive ketones (excluding diaryl/α,β-unsaturated/α-hetero) is 1. The van der Waals surface area contributed by atoms with Crippen LogP contribution in [0.4, 0.5) is 14.4 Å². The van der Waals surface area contributed by atoms with E-state index in [0.717, 1.165) is 5.57 Å². The van der Waals surface area contributed by atoms with Gasteiger partial charge in [-0.2, -0.15) is 0 Å². The average Bonchev–Trinajstić information content (AvgIpc) is 3.13. The summed E-state index contributed by atoms with van der Waals surface area (Å²) in [5, 5.41) is 0. The van der Waals surface area contributed by atoms with Crippen LogP contribution >= 0.6 is 0 Å². The molecular weight excluding hydrogens is 460 g/mol. The molecule has 0 bridgehead atoms. The smallest absolute Gasteiger partial charge is 0.438 e. The standard InChI is InChI=1S/C25H34O10/c1-24-9-8-14(33-21(27)30-3)10-13(24)11-16(34-22(28)31-4)19-15-6-7-18(26)25(15,2)12-17(20(19)24)35-23(29)32-5/h11,14-17,19-20H,6-10,12H2,1-5H3/t14-,15?,16-,17+,19?,20?,24-,25-/m0/s1. The maximum Gasteiger partial charge on any atom is 0.508 e. The van der Waals surface area contributed by atoms with Gasteiger partial charge in [0.2, 0.25) is 0 Å². The number of hydrogen-bond donors (Lipinski definition) is 0. The molecule has 0 aromatic carbocycles. The van der Waals surface area contributed by atoms with Crippen molar-refractivity contribution in [3.05, 3.63) is 11.6 Å². The summed E-state index contributed by atoms with van der Waals surface area (Å²) in [4.78, 5) is 49.3. The summed E-state index contributed by atoms with van der Waals surface area (Å²) >= 11 is 0. The summed E-state index contributed by atoms with van der Waals surface area (Å²) in [6.07, 6.45) is 1.02. The van der Waals surface area contributed by atoms with Crippen LogP contribution in [0.3, 0.4) is 0 Å². The van der Waals surface area contributed by atoms with Crippen molar-refractivity contribution in [2.24, 2.45) is 28.6 Å². The van der Waals surface area contributed by atoms with Gasteiger partial charge < -0.3 is 28.4 Å². The van der Waals surface area contributed by atoms with Crippen molar-refractivity contribution in [1.82, 2.24) is 0 Å². The fraction of sp³-hybridized carbons (Fsp3) is 0.760. The molecule has 4 aliphatic rings. The molecule has 0 N–H and O–H groups in total. The fourth-order valence-corrected chi connectivity index (χ4v) is 7.29. The molecular formula is C25H34O10. The summed E-state index contributed by atoms with van der Waals surface area (Å²) in [6.45, 7) is 4.04. The first kappa shape index (κ1) is 25.3. The Labute approximate surface area is 204 Å². The molecule has 3 unspecified atom stereocenters. The molecule has 4 rings (SSSR count). The topological polar surface area (TPSA) is 124 Å². The lowest BCUT2D eigenvalue weighted by atomic mass is 9.46. The molecule has 0 aromatic heterocycles. The number of rotatable bonds is 3. The van der Waals surface area contributed by atoms with E-state index in [1.807, 2.05) is 13.0 Å². The molecule has 0 amide bonds. The molecule has 10 nitrogen and oxygen atoms in total. The van der Waals surface area contributed by atoms with E-state index in [-0.39, 0.29) is 29.6 Å². The Hall–Kier alpha value is -2.78. The first-order valence-electron chi connectivity index (χ1n) is 12.1. The molecule has 3 saturated carbocycles. The molecule has 0 saturated heterocycles. The van der Waals surface area contributed by atoms with Gasteiger partial charge in [0.25, 0.3) is 0 Å². The van der Waals surface area contributed by atoms with Crippen LogP contribution in [0.15, 0.2) is 11.6 Å². The molecule has 3 fully saturated rings. The van der Waals surface area contributed by atoms with Gasteiger partial charge in [0, 0.05) is 30.1 Å². The Morgan fingerprint density at radius 1 is 0.886 bits per heavy atom. The second-order valence-corrected chi connectivity index (χ2v) is 10.5. The third kappa shape index (κ3) is 4.25. The van der Waals surface area contributed by atoms with Crippen LogP contribution in [0.5, 0.6) is 0 Å². The predicted octanol–water partition coefficient (Wildman–Crippen LogP) is 4.19. The average molecular weight is 495 g/mol. The third-order valence-electron chi connectivity index (χ3n) is 8.93. The van der Waals surface area contributed by atoms with E-state index < -0.39 is 41.5 Å². The van der Waals surface area contributed by atoms with Crippen LogP contribution in [0.25, 0.3) is 0 Å². The van der Waals surface area contributed by atoms with E-state index in [4.69, 9.17) is 23.7 Å². The summed E-state index contributed by atoms with van der Waals surface area (Å²) in [5.74, 6) is -0.419. The number of methoxy groups -OCH3 is 3. The maximum absolute atomic E-state index is 13.0. The van der Waals surface area contributed by atoms with Crippen molar-refractivity contribution in [3.63, 3.8) is 0 Å². The van der Waals surface area contributed by atoms with Gasteiger partial charge in [-0.15, -0.1) is 0 Å². The second kappa shape index (κ2) is 9.35. The first-order chi connectivity index (χ1) is 16.6. The van der Waals surface area contributed by atoms with Crippen molar-refractivity contribution < 1.29 is 47.6 Å². The van der Waals surface area contributed by atoms with Gasteiger partial charge in [-0.25, -0.2) is 14.4 Å². The molecule has 4 aliphatic carbocycles. The Morgan fingerprint density at radius 2 is 1.51 bits per heavy atom. The predicted molar refractivity (Wildman–Crippen MR) is 119 cm³/mol. The van der Waals surface area contributed by atoms with Gasteiger partial charge in [-0.3, -0.25) is 4.79 Å². The van der Waals surface area contributed by atoms with Crippen LogP contribution in [0.2, 0.25) is 0 Å². The second-order valence-electron chi connectivity index (χ2n) is 10.5. The Morgan fingerprint density at radius 3 is 2.17 bits per heavy atom.